The Morgan fingerprint density at radius 2 is 1.76 bits per heavy atom. The second-order valence-corrected chi connectivity index (χ2v) is 4.86. The molecule has 0 saturated carbocycles. The molecule has 2 N–H and O–H groups in total. The summed E-state index contributed by atoms with van der Waals surface area (Å²) < 4.78 is 27.3. The van der Waals surface area contributed by atoms with Gasteiger partial charge in [-0.3, -0.25) is 0 Å². The third kappa shape index (κ3) is 2.82. The summed E-state index contributed by atoms with van der Waals surface area (Å²) in [6.45, 7) is 3.02. The van der Waals surface area contributed by atoms with Gasteiger partial charge < -0.3 is 10.4 Å². The van der Waals surface area contributed by atoms with E-state index in [4.69, 9.17) is 0 Å². The third-order valence-electron chi connectivity index (χ3n) is 3.33. The van der Waals surface area contributed by atoms with Crippen LogP contribution in [-0.4, -0.2) is 23.8 Å². The first-order valence-electron chi connectivity index (χ1n) is 5.88. The molecule has 0 spiro atoms. The van der Waals surface area contributed by atoms with Crippen LogP contribution in [0.2, 0.25) is 0 Å². The molecule has 0 radical (unpaired) electrons. The summed E-state index contributed by atoms with van der Waals surface area (Å²) in [5.41, 5.74) is -0.427. The van der Waals surface area contributed by atoms with Crippen LogP contribution in [0.15, 0.2) is 12.1 Å². The highest BCUT2D eigenvalue weighted by molar-refractivity contribution is 5.26. The van der Waals surface area contributed by atoms with Gasteiger partial charge in [0.15, 0.2) is 0 Å². The maximum Gasteiger partial charge on any atom is 0.129 e. The molecule has 0 aliphatic carbocycles. The Morgan fingerprint density at radius 3 is 2.29 bits per heavy atom. The van der Waals surface area contributed by atoms with E-state index in [1.54, 1.807) is 6.92 Å². The van der Waals surface area contributed by atoms with E-state index in [2.05, 4.69) is 5.32 Å². The van der Waals surface area contributed by atoms with Gasteiger partial charge in [0.1, 0.15) is 11.6 Å². The minimum Gasteiger partial charge on any atom is -0.389 e. The number of nitrogens with one attached hydrogen (secondary N) is 1. The molecule has 17 heavy (non-hydrogen) atoms. The maximum atomic E-state index is 13.7. The summed E-state index contributed by atoms with van der Waals surface area (Å²) in [5.74, 6) is -1.12. The SMILES string of the molecule is Cc1cc(F)c(CC2(O)CCNCC2)c(F)c1. The van der Waals surface area contributed by atoms with Crippen molar-refractivity contribution >= 4 is 0 Å². The number of benzene rings is 1. The van der Waals surface area contributed by atoms with Crippen LogP contribution in [0.4, 0.5) is 8.78 Å². The summed E-state index contributed by atoms with van der Waals surface area (Å²) in [4.78, 5) is 0. The lowest BCUT2D eigenvalue weighted by Gasteiger charge is -2.32. The van der Waals surface area contributed by atoms with E-state index in [1.807, 2.05) is 0 Å². The van der Waals surface area contributed by atoms with E-state index in [-0.39, 0.29) is 12.0 Å². The van der Waals surface area contributed by atoms with Gasteiger partial charge in [0.25, 0.3) is 0 Å². The van der Waals surface area contributed by atoms with Crippen molar-refractivity contribution in [2.24, 2.45) is 0 Å². The number of hydrogen-bond donors (Lipinski definition) is 2. The van der Waals surface area contributed by atoms with Crippen molar-refractivity contribution in [1.82, 2.24) is 5.32 Å². The summed E-state index contributed by atoms with van der Waals surface area (Å²) >= 11 is 0. The van der Waals surface area contributed by atoms with Crippen LogP contribution in [0.5, 0.6) is 0 Å². The van der Waals surface area contributed by atoms with E-state index >= 15 is 0 Å². The molecule has 1 aliphatic heterocycles. The number of halogens is 2. The molecular formula is C13H17F2NO. The average Bonchev–Trinajstić information content (AvgIpc) is 2.24. The molecule has 94 valence electrons. The molecule has 2 nitrogen and oxygen atoms in total. The molecule has 1 aromatic carbocycles. The predicted molar refractivity (Wildman–Crippen MR) is 61.9 cm³/mol. The molecule has 1 aliphatic rings. The van der Waals surface area contributed by atoms with Crippen LogP contribution in [-0.2, 0) is 6.42 Å². The molecule has 0 amide bonds. The van der Waals surface area contributed by atoms with Crippen molar-refractivity contribution in [3.8, 4) is 0 Å². The van der Waals surface area contributed by atoms with Crippen molar-refractivity contribution < 1.29 is 13.9 Å². The van der Waals surface area contributed by atoms with Crippen molar-refractivity contribution in [1.29, 1.82) is 0 Å². The molecule has 2 rings (SSSR count). The van der Waals surface area contributed by atoms with Crippen LogP contribution < -0.4 is 5.32 Å². The van der Waals surface area contributed by atoms with E-state index in [0.717, 1.165) is 0 Å². The zero-order valence-corrected chi connectivity index (χ0v) is 9.89. The second kappa shape index (κ2) is 4.70. The molecule has 0 aromatic heterocycles. The lowest BCUT2D eigenvalue weighted by atomic mass is 9.85. The first-order chi connectivity index (χ1) is 8.00. The lowest BCUT2D eigenvalue weighted by Crippen LogP contribution is -2.43. The van der Waals surface area contributed by atoms with Gasteiger partial charge in [-0.15, -0.1) is 0 Å². The molecule has 1 saturated heterocycles. The van der Waals surface area contributed by atoms with Crippen LogP contribution in [0.25, 0.3) is 0 Å². The van der Waals surface area contributed by atoms with Crippen molar-refractivity contribution in [3.63, 3.8) is 0 Å². The normalized spacial score (nSPS) is 19.3. The van der Waals surface area contributed by atoms with Gasteiger partial charge in [0, 0.05) is 12.0 Å². The lowest BCUT2D eigenvalue weighted by molar-refractivity contribution is 0.00936. The fraction of sp³-hybridized carbons (Fsp3) is 0.538. The van der Waals surface area contributed by atoms with E-state index < -0.39 is 17.2 Å². The van der Waals surface area contributed by atoms with Gasteiger partial charge in [-0.2, -0.15) is 0 Å². The molecule has 1 fully saturated rings. The maximum absolute atomic E-state index is 13.7. The van der Waals surface area contributed by atoms with Gasteiger partial charge in [-0.1, -0.05) is 0 Å². The topological polar surface area (TPSA) is 32.3 Å². The Balaban J connectivity index is 2.23. The Morgan fingerprint density at radius 1 is 1.24 bits per heavy atom. The monoisotopic (exact) mass is 241 g/mol. The molecule has 0 atom stereocenters. The smallest absolute Gasteiger partial charge is 0.129 e. The standard InChI is InChI=1S/C13H17F2NO/c1-9-6-11(14)10(12(15)7-9)8-13(17)2-4-16-5-3-13/h6-7,16-17H,2-5,8H2,1H3. The zero-order valence-electron chi connectivity index (χ0n) is 9.89. The summed E-state index contributed by atoms with van der Waals surface area (Å²) in [5, 5.41) is 13.4. The zero-order chi connectivity index (χ0) is 12.5. The average molecular weight is 241 g/mol. The molecule has 0 unspecified atom stereocenters. The minimum absolute atomic E-state index is 0.000000000000000222. The van der Waals surface area contributed by atoms with Crippen LogP contribution in [0, 0.1) is 18.6 Å². The van der Waals surface area contributed by atoms with Crippen molar-refractivity contribution in [3.05, 3.63) is 34.9 Å². The van der Waals surface area contributed by atoms with Gasteiger partial charge >= 0.3 is 0 Å². The Hall–Kier alpha value is -1.00. The first kappa shape index (κ1) is 12.5. The highest BCUT2D eigenvalue weighted by Gasteiger charge is 2.31. The Labute approximate surface area is 99.7 Å². The van der Waals surface area contributed by atoms with Crippen molar-refractivity contribution in [2.75, 3.05) is 13.1 Å². The van der Waals surface area contributed by atoms with Gasteiger partial charge in [0.05, 0.1) is 5.60 Å². The summed E-state index contributed by atoms with van der Waals surface area (Å²) in [6.07, 6.45) is 1.10. The molecule has 1 heterocycles. The van der Waals surface area contributed by atoms with E-state index in [1.165, 1.54) is 12.1 Å². The van der Waals surface area contributed by atoms with Crippen LogP contribution in [0.1, 0.15) is 24.0 Å². The summed E-state index contributed by atoms with van der Waals surface area (Å²) in [6, 6.07) is 2.62. The van der Waals surface area contributed by atoms with E-state index in [0.29, 0.717) is 31.5 Å². The molecular weight excluding hydrogens is 224 g/mol. The number of aliphatic hydroxyl groups is 1. The summed E-state index contributed by atoms with van der Waals surface area (Å²) in [7, 11) is 0. The molecule has 1 aromatic rings. The van der Waals surface area contributed by atoms with Crippen LogP contribution in [0.3, 0.4) is 0 Å². The first-order valence-corrected chi connectivity index (χ1v) is 5.88. The predicted octanol–water partition coefficient (Wildman–Crippen LogP) is 1.93. The Kier molecular flexibility index (Phi) is 3.45. The molecule has 4 heteroatoms. The Bertz CT molecular complexity index is 391. The minimum atomic E-state index is -0.984. The largest absolute Gasteiger partial charge is 0.389 e. The van der Waals surface area contributed by atoms with Gasteiger partial charge in [-0.05, 0) is 50.6 Å². The van der Waals surface area contributed by atoms with Crippen LogP contribution >= 0.6 is 0 Å². The van der Waals surface area contributed by atoms with Gasteiger partial charge in [0.2, 0.25) is 0 Å². The number of rotatable bonds is 2. The second-order valence-electron chi connectivity index (χ2n) is 4.86. The number of aryl methyl sites for hydroxylation is 1. The fourth-order valence-electron chi connectivity index (χ4n) is 2.30. The quantitative estimate of drug-likeness (QED) is 0.829. The van der Waals surface area contributed by atoms with E-state index in [9.17, 15) is 13.9 Å². The third-order valence-corrected chi connectivity index (χ3v) is 3.33. The fourth-order valence-corrected chi connectivity index (χ4v) is 2.30. The van der Waals surface area contributed by atoms with Gasteiger partial charge in [-0.25, -0.2) is 8.78 Å². The highest BCUT2D eigenvalue weighted by atomic mass is 19.1. The van der Waals surface area contributed by atoms with Crippen molar-refractivity contribution in [2.45, 2.75) is 31.8 Å². The highest BCUT2D eigenvalue weighted by Crippen LogP contribution is 2.26. The number of piperidine rings is 1. The molecule has 0 bridgehead atoms. The number of hydrogen-bond acceptors (Lipinski definition) is 2.